The van der Waals surface area contributed by atoms with Crippen LogP contribution in [-0.4, -0.2) is 49.7 Å². The number of allylic oxidation sites excluding steroid dienone is 1. The van der Waals surface area contributed by atoms with Crippen LogP contribution in [0.5, 0.6) is 11.5 Å². The number of esters is 1. The van der Waals surface area contributed by atoms with Crippen molar-refractivity contribution in [3.8, 4) is 11.5 Å². The van der Waals surface area contributed by atoms with Crippen LogP contribution in [0.25, 0.3) is 6.08 Å². The summed E-state index contributed by atoms with van der Waals surface area (Å²) in [7, 11) is 0. The zero-order chi connectivity index (χ0) is 18.4. The molecule has 1 aromatic rings. The predicted octanol–water partition coefficient (Wildman–Crippen LogP) is 3.08. The number of halogens is 1. The molecule has 0 spiro atoms. The zero-order valence-electron chi connectivity index (χ0n) is 15.5. The second-order valence-electron chi connectivity index (χ2n) is 6.53. The van der Waals surface area contributed by atoms with Gasteiger partial charge >= 0.3 is 5.97 Å². The molecular formula is C20H26ClNO5. The third-order valence-corrected chi connectivity index (χ3v) is 4.74. The van der Waals surface area contributed by atoms with Gasteiger partial charge in [0, 0.05) is 13.0 Å². The van der Waals surface area contributed by atoms with E-state index >= 15 is 0 Å². The second-order valence-corrected chi connectivity index (χ2v) is 6.53. The van der Waals surface area contributed by atoms with E-state index < -0.39 is 0 Å². The summed E-state index contributed by atoms with van der Waals surface area (Å²) in [6.45, 7) is 4.90. The number of carbonyl (C=O) groups excluding carboxylic acids is 2. The number of carbonyl (C=O) groups is 2. The van der Waals surface area contributed by atoms with Crippen molar-refractivity contribution in [3.63, 3.8) is 0 Å². The second kappa shape index (κ2) is 10.3. The molecule has 7 heteroatoms. The Kier molecular flexibility index (Phi) is 8.13. The standard InChI is InChI=1S/C20H25NO5.ClH/c1-2-24-20(23)16-7-10-21(11-8-16)12-9-17(22)5-3-15-4-6-18-19(13-15)26-14-25-18;/h3-6,13,16H,2,7-12,14H2,1H3;1H/b5-3+;. The van der Waals surface area contributed by atoms with Crippen LogP contribution in [0.1, 0.15) is 31.7 Å². The highest BCUT2D eigenvalue weighted by atomic mass is 35.5. The molecule has 2 aliphatic heterocycles. The molecular weight excluding hydrogens is 370 g/mol. The third-order valence-electron chi connectivity index (χ3n) is 4.74. The molecule has 27 heavy (non-hydrogen) atoms. The van der Waals surface area contributed by atoms with Crippen molar-refractivity contribution in [1.82, 2.24) is 4.90 Å². The topological polar surface area (TPSA) is 65.1 Å². The summed E-state index contributed by atoms with van der Waals surface area (Å²) in [5, 5.41) is 0. The van der Waals surface area contributed by atoms with Crippen LogP contribution in [0.2, 0.25) is 0 Å². The van der Waals surface area contributed by atoms with Gasteiger partial charge in [-0.15, -0.1) is 12.4 Å². The van der Waals surface area contributed by atoms with Gasteiger partial charge in [0.15, 0.2) is 17.3 Å². The van der Waals surface area contributed by atoms with Crippen LogP contribution in [0.15, 0.2) is 24.3 Å². The van der Waals surface area contributed by atoms with Crippen molar-refractivity contribution in [2.75, 3.05) is 33.0 Å². The highest BCUT2D eigenvalue weighted by Gasteiger charge is 2.25. The van der Waals surface area contributed by atoms with E-state index in [1.807, 2.05) is 25.1 Å². The minimum absolute atomic E-state index is 0. The Morgan fingerprint density at radius 2 is 1.96 bits per heavy atom. The number of hydrogen-bond acceptors (Lipinski definition) is 6. The Morgan fingerprint density at radius 3 is 2.70 bits per heavy atom. The number of fused-ring (bicyclic) bond motifs is 1. The minimum atomic E-state index is -0.0881. The molecule has 0 N–H and O–H groups in total. The Balaban J connectivity index is 0.00000261. The molecule has 0 amide bonds. The Morgan fingerprint density at radius 1 is 1.22 bits per heavy atom. The summed E-state index contributed by atoms with van der Waals surface area (Å²) in [4.78, 5) is 26.1. The monoisotopic (exact) mass is 395 g/mol. The van der Waals surface area contributed by atoms with Gasteiger partial charge in [0.1, 0.15) is 0 Å². The van der Waals surface area contributed by atoms with Crippen molar-refractivity contribution < 1.29 is 23.8 Å². The molecule has 0 aromatic heterocycles. The summed E-state index contributed by atoms with van der Waals surface area (Å²) in [6, 6.07) is 5.61. The number of nitrogens with zero attached hydrogens (tertiary/aromatic N) is 1. The molecule has 2 heterocycles. The fourth-order valence-electron chi connectivity index (χ4n) is 3.21. The first-order valence-electron chi connectivity index (χ1n) is 9.15. The number of piperidine rings is 1. The maximum atomic E-state index is 12.1. The molecule has 0 saturated carbocycles. The van der Waals surface area contributed by atoms with E-state index in [-0.39, 0.29) is 36.9 Å². The average molecular weight is 396 g/mol. The molecule has 0 radical (unpaired) electrons. The van der Waals surface area contributed by atoms with Crippen molar-refractivity contribution >= 4 is 30.2 Å². The van der Waals surface area contributed by atoms with E-state index in [2.05, 4.69) is 4.90 Å². The molecule has 0 bridgehead atoms. The molecule has 0 atom stereocenters. The lowest BCUT2D eigenvalue weighted by Crippen LogP contribution is -2.37. The Hall–Kier alpha value is -2.05. The fourth-order valence-corrected chi connectivity index (χ4v) is 3.21. The number of rotatable bonds is 7. The van der Waals surface area contributed by atoms with Gasteiger partial charge < -0.3 is 19.1 Å². The van der Waals surface area contributed by atoms with Gasteiger partial charge in [0.25, 0.3) is 0 Å². The first kappa shape index (κ1) is 21.3. The molecule has 0 unspecified atom stereocenters. The lowest BCUT2D eigenvalue weighted by molar-refractivity contribution is -0.149. The lowest BCUT2D eigenvalue weighted by atomic mass is 9.97. The van der Waals surface area contributed by atoms with Gasteiger partial charge in [0.2, 0.25) is 6.79 Å². The smallest absolute Gasteiger partial charge is 0.309 e. The van der Waals surface area contributed by atoms with Gasteiger partial charge in [-0.05, 0) is 56.6 Å². The number of benzene rings is 1. The largest absolute Gasteiger partial charge is 0.466 e. The van der Waals surface area contributed by atoms with Crippen LogP contribution in [0.4, 0.5) is 0 Å². The number of likely N-dealkylation sites (tertiary alicyclic amines) is 1. The number of hydrogen-bond donors (Lipinski definition) is 0. The van der Waals surface area contributed by atoms with E-state index in [1.165, 1.54) is 0 Å². The van der Waals surface area contributed by atoms with Gasteiger partial charge in [-0.2, -0.15) is 0 Å². The highest BCUT2D eigenvalue weighted by Crippen LogP contribution is 2.32. The van der Waals surface area contributed by atoms with E-state index in [0.29, 0.717) is 18.8 Å². The SMILES string of the molecule is CCOC(=O)C1CCN(CCC(=O)/C=C/c2ccc3c(c2)OCO3)CC1.Cl. The van der Waals surface area contributed by atoms with Gasteiger partial charge in [-0.1, -0.05) is 12.1 Å². The van der Waals surface area contributed by atoms with Gasteiger partial charge in [0.05, 0.1) is 12.5 Å². The summed E-state index contributed by atoms with van der Waals surface area (Å²) in [5.41, 5.74) is 0.915. The van der Waals surface area contributed by atoms with E-state index in [9.17, 15) is 9.59 Å². The molecule has 2 aliphatic rings. The quantitative estimate of drug-likeness (QED) is 0.522. The van der Waals surface area contributed by atoms with Crippen LogP contribution in [-0.2, 0) is 14.3 Å². The third kappa shape index (κ3) is 5.97. The van der Waals surface area contributed by atoms with Gasteiger partial charge in [-0.3, -0.25) is 9.59 Å². The maximum Gasteiger partial charge on any atom is 0.309 e. The van der Waals surface area contributed by atoms with E-state index in [4.69, 9.17) is 14.2 Å². The lowest BCUT2D eigenvalue weighted by Gasteiger charge is -2.30. The van der Waals surface area contributed by atoms with Crippen molar-refractivity contribution in [1.29, 1.82) is 0 Å². The molecule has 0 aliphatic carbocycles. The molecule has 6 nitrogen and oxygen atoms in total. The number of ether oxygens (including phenoxy) is 3. The van der Waals surface area contributed by atoms with E-state index in [1.54, 1.807) is 12.2 Å². The Bertz CT molecular complexity index is 683. The predicted molar refractivity (Wildman–Crippen MR) is 104 cm³/mol. The Labute approximate surface area is 165 Å². The summed E-state index contributed by atoms with van der Waals surface area (Å²) in [6.07, 6.45) is 5.51. The van der Waals surface area contributed by atoms with Crippen LogP contribution in [0.3, 0.4) is 0 Å². The van der Waals surface area contributed by atoms with E-state index in [0.717, 1.165) is 43.8 Å². The van der Waals surface area contributed by atoms with Crippen LogP contribution >= 0.6 is 12.4 Å². The van der Waals surface area contributed by atoms with Crippen LogP contribution in [0, 0.1) is 5.92 Å². The minimum Gasteiger partial charge on any atom is -0.466 e. The molecule has 1 aromatic carbocycles. The fraction of sp³-hybridized carbons (Fsp3) is 0.500. The number of ketones is 1. The molecule has 148 valence electrons. The van der Waals surface area contributed by atoms with Crippen molar-refractivity contribution in [3.05, 3.63) is 29.8 Å². The van der Waals surface area contributed by atoms with Crippen molar-refractivity contribution in [2.24, 2.45) is 5.92 Å². The maximum absolute atomic E-state index is 12.1. The summed E-state index contributed by atoms with van der Waals surface area (Å²) >= 11 is 0. The zero-order valence-corrected chi connectivity index (χ0v) is 16.3. The van der Waals surface area contributed by atoms with Gasteiger partial charge in [-0.25, -0.2) is 0 Å². The summed E-state index contributed by atoms with van der Waals surface area (Å²) in [5.74, 6) is 1.46. The van der Waals surface area contributed by atoms with Crippen molar-refractivity contribution in [2.45, 2.75) is 26.2 Å². The van der Waals surface area contributed by atoms with Crippen LogP contribution < -0.4 is 9.47 Å². The highest BCUT2D eigenvalue weighted by molar-refractivity contribution is 5.93. The normalized spacial score (nSPS) is 16.9. The summed E-state index contributed by atoms with van der Waals surface area (Å²) < 4.78 is 15.7. The molecule has 1 fully saturated rings. The molecule has 1 saturated heterocycles. The average Bonchev–Trinajstić information content (AvgIpc) is 3.13. The molecule has 3 rings (SSSR count). The first-order valence-corrected chi connectivity index (χ1v) is 9.15. The first-order chi connectivity index (χ1) is 12.7.